The lowest BCUT2D eigenvalue weighted by Gasteiger charge is -2.06. The summed E-state index contributed by atoms with van der Waals surface area (Å²) in [4.78, 5) is 22.9. The maximum Gasteiger partial charge on any atom is 0.282 e. The molecule has 0 heterocycles. The van der Waals surface area contributed by atoms with Gasteiger partial charge in [0.1, 0.15) is 5.56 Å². The summed E-state index contributed by atoms with van der Waals surface area (Å²) < 4.78 is 0.597. The van der Waals surface area contributed by atoms with Crippen LogP contribution in [0.2, 0.25) is 0 Å². The van der Waals surface area contributed by atoms with Gasteiger partial charge in [0.25, 0.3) is 11.6 Å². The van der Waals surface area contributed by atoms with Crippen LogP contribution in [0.15, 0.2) is 34.2 Å². The van der Waals surface area contributed by atoms with Crippen LogP contribution in [0.25, 0.3) is 0 Å². The van der Waals surface area contributed by atoms with E-state index < -0.39 is 10.8 Å². The minimum atomic E-state index is -0.567. The minimum absolute atomic E-state index is 0.0561. The largest absolute Gasteiger partial charge is 0.347 e. The third kappa shape index (κ3) is 3.85. The Bertz CT molecular complexity index is 505. The highest BCUT2D eigenvalue weighted by Gasteiger charge is 2.20. The molecule has 96 valence electrons. The number of rotatable bonds is 5. The standard InChI is InChI=1S/C11H11BrN2O3S/c1-7(12)6-13-11(15)9-5-8(18-2)3-4-10(9)14(16)17/h3-5H,1,6H2,2H3,(H,13,15). The van der Waals surface area contributed by atoms with Crippen LogP contribution in [0.5, 0.6) is 0 Å². The smallest absolute Gasteiger partial charge is 0.282 e. The summed E-state index contributed by atoms with van der Waals surface area (Å²) in [6.07, 6.45) is 1.84. The molecule has 0 atom stereocenters. The van der Waals surface area contributed by atoms with Crippen LogP contribution in [0.1, 0.15) is 10.4 Å². The Labute approximate surface area is 117 Å². The Hall–Kier alpha value is -1.34. The van der Waals surface area contributed by atoms with Gasteiger partial charge in [-0.25, -0.2) is 0 Å². The molecule has 0 radical (unpaired) electrons. The van der Waals surface area contributed by atoms with Gasteiger partial charge in [-0.1, -0.05) is 22.5 Å². The number of hydrogen-bond acceptors (Lipinski definition) is 4. The van der Waals surface area contributed by atoms with Gasteiger partial charge in [-0.15, -0.1) is 11.8 Å². The highest BCUT2D eigenvalue weighted by atomic mass is 79.9. The molecule has 0 aliphatic carbocycles. The molecule has 1 amide bonds. The van der Waals surface area contributed by atoms with Crippen LogP contribution in [0, 0.1) is 10.1 Å². The second kappa shape index (κ2) is 6.55. The molecule has 7 heteroatoms. The molecule has 0 aromatic heterocycles. The van der Waals surface area contributed by atoms with Gasteiger partial charge in [0.15, 0.2) is 0 Å². The van der Waals surface area contributed by atoms with Gasteiger partial charge in [0.05, 0.1) is 4.92 Å². The lowest BCUT2D eigenvalue weighted by Crippen LogP contribution is -2.25. The summed E-state index contributed by atoms with van der Waals surface area (Å²) in [6.45, 7) is 3.80. The molecule has 0 bridgehead atoms. The van der Waals surface area contributed by atoms with E-state index in [0.29, 0.717) is 4.48 Å². The predicted molar refractivity (Wildman–Crippen MR) is 75.3 cm³/mol. The number of benzene rings is 1. The van der Waals surface area contributed by atoms with Crippen LogP contribution in [-0.2, 0) is 0 Å². The zero-order chi connectivity index (χ0) is 13.7. The fourth-order valence-electron chi connectivity index (χ4n) is 1.25. The maximum atomic E-state index is 11.9. The van der Waals surface area contributed by atoms with E-state index in [0.717, 1.165) is 4.90 Å². The maximum absolute atomic E-state index is 11.9. The van der Waals surface area contributed by atoms with Crippen molar-refractivity contribution in [3.8, 4) is 0 Å². The van der Waals surface area contributed by atoms with Crippen molar-refractivity contribution in [3.63, 3.8) is 0 Å². The van der Waals surface area contributed by atoms with E-state index in [2.05, 4.69) is 27.8 Å². The van der Waals surface area contributed by atoms with Crippen molar-refractivity contribution in [1.29, 1.82) is 0 Å². The number of hydrogen-bond donors (Lipinski definition) is 1. The van der Waals surface area contributed by atoms with Crippen molar-refractivity contribution in [2.75, 3.05) is 12.8 Å². The van der Waals surface area contributed by atoms with Gasteiger partial charge in [-0.2, -0.15) is 0 Å². The zero-order valence-corrected chi connectivity index (χ0v) is 12.0. The number of amides is 1. The molecular formula is C11H11BrN2O3S. The Kier molecular flexibility index (Phi) is 5.36. The van der Waals surface area contributed by atoms with E-state index >= 15 is 0 Å². The first kappa shape index (κ1) is 14.7. The quantitative estimate of drug-likeness (QED) is 0.511. The number of thioether (sulfide) groups is 1. The predicted octanol–water partition coefficient (Wildman–Crippen LogP) is 2.96. The van der Waals surface area contributed by atoms with Gasteiger partial charge >= 0.3 is 0 Å². The number of carbonyl (C=O) groups is 1. The molecule has 0 saturated heterocycles. The van der Waals surface area contributed by atoms with Crippen LogP contribution in [0.4, 0.5) is 5.69 Å². The number of nitrogens with one attached hydrogen (secondary N) is 1. The lowest BCUT2D eigenvalue weighted by molar-refractivity contribution is -0.385. The molecule has 1 aromatic carbocycles. The first-order valence-corrected chi connectivity index (χ1v) is 6.91. The first-order valence-electron chi connectivity index (χ1n) is 4.89. The summed E-state index contributed by atoms with van der Waals surface area (Å²) in [5.41, 5.74) is -0.147. The minimum Gasteiger partial charge on any atom is -0.347 e. The van der Waals surface area contributed by atoms with Crippen molar-refractivity contribution in [2.24, 2.45) is 0 Å². The molecule has 0 aliphatic rings. The summed E-state index contributed by atoms with van der Waals surface area (Å²) in [5.74, 6) is -0.488. The zero-order valence-electron chi connectivity index (χ0n) is 9.60. The van der Waals surface area contributed by atoms with Gasteiger partial charge in [0, 0.05) is 22.0 Å². The Balaban J connectivity index is 3.06. The van der Waals surface area contributed by atoms with Gasteiger partial charge < -0.3 is 5.32 Å². The number of nitro benzene ring substituents is 1. The molecule has 0 saturated carbocycles. The summed E-state index contributed by atoms with van der Waals surface area (Å²) in [6, 6.07) is 4.46. The van der Waals surface area contributed by atoms with Crippen LogP contribution < -0.4 is 5.32 Å². The van der Waals surface area contributed by atoms with Crippen LogP contribution in [0.3, 0.4) is 0 Å². The van der Waals surface area contributed by atoms with Gasteiger partial charge in [0.2, 0.25) is 0 Å². The van der Waals surface area contributed by atoms with E-state index in [1.54, 1.807) is 6.07 Å². The van der Waals surface area contributed by atoms with Gasteiger partial charge in [-0.05, 0) is 18.4 Å². The highest BCUT2D eigenvalue weighted by Crippen LogP contribution is 2.24. The van der Waals surface area contributed by atoms with Crippen molar-refractivity contribution < 1.29 is 9.72 Å². The number of carbonyl (C=O) groups excluding carboxylic acids is 1. The summed E-state index contributed by atoms with van der Waals surface area (Å²) in [7, 11) is 0. The van der Waals surface area contributed by atoms with Crippen LogP contribution >= 0.6 is 27.7 Å². The highest BCUT2D eigenvalue weighted by molar-refractivity contribution is 9.11. The Morgan fingerprint density at radius 2 is 2.28 bits per heavy atom. The van der Waals surface area contributed by atoms with Gasteiger partial charge in [-0.3, -0.25) is 14.9 Å². The van der Waals surface area contributed by atoms with Crippen molar-refractivity contribution in [2.45, 2.75) is 4.90 Å². The fourth-order valence-corrected chi connectivity index (χ4v) is 1.83. The lowest BCUT2D eigenvalue weighted by atomic mass is 10.1. The van der Waals surface area contributed by atoms with E-state index in [-0.39, 0.29) is 17.8 Å². The molecule has 0 fully saturated rings. The molecule has 18 heavy (non-hydrogen) atoms. The molecule has 1 N–H and O–H groups in total. The molecule has 0 unspecified atom stereocenters. The third-order valence-electron chi connectivity index (χ3n) is 2.09. The van der Waals surface area contributed by atoms with Crippen molar-refractivity contribution >= 4 is 39.3 Å². The third-order valence-corrected chi connectivity index (χ3v) is 3.09. The Morgan fingerprint density at radius 3 is 2.78 bits per heavy atom. The second-order valence-electron chi connectivity index (χ2n) is 3.34. The van der Waals surface area contributed by atoms with E-state index in [9.17, 15) is 14.9 Å². The molecule has 1 aromatic rings. The van der Waals surface area contributed by atoms with Crippen molar-refractivity contribution in [1.82, 2.24) is 5.32 Å². The summed E-state index contributed by atoms with van der Waals surface area (Å²) in [5, 5.41) is 13.4. The van der Waals surface area contributed by atoms with E-state index in [1.807, 2.05) is 6.26 Å². The SMILES string of the molecule is C=C(Br)CNC(=O)c1cc(SC)ccc1[N+](=O)[O-]. The molecule has 1 rings (SSSR count). The first-order chi connectivity index (χ1) is 8.45. The second-order valence-corrected chi connectivity index (χ2v) is 5.34. The molecule has 0 spiro atoms. The van der Waals surface area contributed by atoms with E-state index in [4.69, 9.17) is 0 Å². The number of nitro groups is 1. The van der Waals surface area contributed by atoms with Crippen molar-refractivity contribution in [3.05, 3.63) is 44.9 Å². The molecular weight excluding hydrogens is 320 g/mol. The topological polar surface area (TPSA) is 72.2 Å². The average molecular weight is 331 g/mol. The monoisotopic (exact) mass is 330 g/mol. The summed E-state index contributed by atoms with van der Waals surface area (Å²) >= 11 is 4.52. The fraction of sp³-hybridized carbons (Fsp3) is 0.182. The number of nitrogens with zero attached hydrogens (tertiary/aromatic N) is 1. The number of halogens is 1. The molecule has 0 aliphatic heterocycles. The Morgan fingerprint density at radius 1 is 1.61 bits per heavy atom. The van der Waals surface area contributed by atoms with Crippen LogP contribution in [-0.4, -0.2) is 23.6 Å². The normalized spacial score (nSPS) is 9.89. The average Bonchev–Trinajstić information content (AvgIpc) is 2.34. The van der Waals surface area contributed by atoms with E-state index in [1.165, 1.54) is 23.9 Å². The molecule has 5 nitrogen and oxygen atoms in total.